The lowest BCUT2D eigenvalue weighted by Gasteiger charge is -2.22. The summed E-state index contributed by atoms with van der Waals surface area (Å²) in [4.78, 5) is 29.6. The van der Waals surface area contributed by atoms with E-state index in [-0.39, 0.29) is 17.9 Å². The van der Waals surface area contributed by atoms with E-state index in [2.05, 4.69) is 21.7 Å². The van der Waals surface area contributed by atoms with Crippen molar-refractivity contribution in [1.82, 2.24) is 15.6 Å². The monoisotopic (exact) mass is 413 g/mol. The number of aromatic nitrogens is 1. The van der Waals surface area contributed by atoms with Crippen molar-refractivity contribution in [3.8, 4) is 16.9 Å². The molecule has 0 fully saturated rings. The van der Waals surface area contributed by atoms with Crippen LogP contribution in [0.4, 0.5) is 0 Å². The highest BCUT2D eigenvalue weighted by Gasteiger charge is 2.21. The summed E-state index contributed by atoms with van der Waals surface area (Å²) < 4.78 is 6.03. The van der Waals surface area contributed by atoms with Crippen molar-refractivity contribution in [1.29, 1.82) is 0 Å². The summed E-state index contributed by atoms with van der Waals surface area (Å²) in [6.07, 6.45) is 6.13. The number of carbonyl (C=O) groups is 2. The summed E-state index contributed by atoms with van der Waals surface area (Å²) in [6.45, 7) is 3.66. The molecule has 7 heteroatoms. The lowest BCUT2D eigenvalue weighted by Crippen LogP contribution is -2.49. The van der Waals surface area contributed by atoms with Gasteiger partial charge in [-0.1, -0.05) is 24.6 Å². The van der Waals surface area contributed by atoms with E-state index in [1.807, 2.05) is 43.6 Å². The second kappa shape index (κ2) is 10.3. The predicted octanol–water partition coefficient (Wildman–Crippen LogP) is 3.41. The number of rotatable bonds is 1. The van der Waals surface area contributed by atoms with Crippen LogP contribution in [0, 0.1) is 0 Å². The smallest absolute Gasteiger partial charge is 0.242 e. The highest BCUT2D eigenvalue weighted by atomic mass is 32.2. The molecular weight excluding hydrogens is 386 g/mol. The van der Waals surface area contributed by atoms with Crippen molar-refractivity contribution in [2.75, 3.05) is 12.4 Å². The van der Waals surface area contributed by atoms with Gasteiger partial charge in [0, 0.05) is 35.3 Å². The molecule has 29 heavy (non-hydrogen) atoms. The van der Waals surface area contributed by atoms with Crippen LogP contribution in [0.2, 0.25) is 0 Å². The van der Waals surface area contributed by atoms with Crippen molar-refractivity contribution >= 4 is 23.6 Å². The van der Waals surface area contributed by atoms with Gasteiger partial charge in [-0.2, -0.15) is 0 Å². The lowest BCUT2D eigenvalue weighted by atomic mass is 10.1. The molecule has 2 amide bonds. The van der Waals surface area contributed by atoms with Crippen molar-refractivity contribution in [3.63, 3.8) is 0 Å². The normalized spacial score (nSPS) is 20.7. The molecule has 154 valence electrons. The van der Waals surface area contributed by atoms with Gasteiger partial charge in [0.1, 0.15) is 18.4 Å². The number of carbonyl (C=O) groups excluding carboxylic acids is 2. The topological polar surface area (TPSA) is 80.3 Å². The number of amides is 2. The SMILES string of the molecule is CC(=O)N[C@H]1CCCCSc2cncc(c2)-c2ccccc2OC[C@@H](C)NC1=O. The van der Waals surface area contributed by atoms with Gasteiger partial charge < -0.3 is 15.4 Å². The van der Waals surface area contributed by atoms with Crippen molar-refractivity contribution < 1.29 is 14.3 Å². The van der Waals surface area contributed by atoms with Crippen LogP contribution in [0.1, 0.15) is 33.1 Å². The largest absolute Gasteiger partial charge is 0.491 e. The van der Waals surface area contributed by atoms with E-state index in [9.17, 15) is 9.59 Å². The summed E-state index contributed by atoms with van der Waals surface area (Å²) in [5.41, 5.74) is 1.99. The second-order valence-electron chi connectivity index (χ2n) is 7.22. The van der Waals surface area contributed by atoms with E-state index in [4.69, 9.17) is 4.74 Å². The van der Waals surface area contributed by atoms with Crippen LogP contribution in [-0.2, 0) is 9.59 Å². The summed E-state index contributed by atoms with van der Waals surface area (Å²) in [6, 6.07) is 9.26. The molecule has 2 aromatic rings. The molecule has 0 unspecified atom stereocenters. The average Bonchev–Trinajstić information content (AvgIpc) is 2.70. The molecule has 0 spiro atoms. The van der Waals surface area contributed by atoms with Crippen LogP contribution in [0.5, 0.6) is 5.75 Å². The van der Waals surface area contributed by atoms with E-state index < -0.39 is 6.04 Å². The van der Waals surface area contributed by atoms with Crippen molar-refractivity contribution in [3.05, 3.63) is 42.7 Å². The number of nitrogens with one attached hydrogen (secondary N) is 2. The number of nitrogens with zero attached hydrogens (tertiary/aromatic N) is 1. The van der Waals surface area contributed by atoms with Crippen LogP contribution in [0.25, 0.3) is 11.1 Å². The molecule has 3 rings (SSSR count). The summed E-state index contributed by atoms with van der Waals surface area (Å²) in [5, 5.41) is 5.72. The van der Waals surface area contributed by atoms with Gasteiger partial charge in [0.2, 0.25) is 11.8 Å². The minimum Gasteiger partial charge on any atom is -0.491 e. The highest BCUT2D eigenvalue weighted by Crippen LogP contribution is 2.32. The van der Waals surface area contributed by atoms with Gasteiger partial charge in [-0.05, 0) is 37.7 Å². The van der Waals surface area contributed by atoms with Crippen LogP contribution >= 0.6 is 11.8 Å². The molecule has 2 bridgehead atoms. The van der Waals surface area contributed by atoms with E-state index in [1.165, 1.54) is 6.92 Å². The summed E-state index contributed by atoms with van der Waals surface area (Å²) in [7, 11) is 0. The molecule has 6 nitrogen and oxygen atoms in total. The van der Waals surface area contributed by atoms with Crippen LogP contribution in [-0.4, -0.2) is 41.2 Å². The van der Waals surface area contributed by atoms with Gasteiger partial charge in [-0.3, -0.25) is 14.6 Å². The number of ether oxygens (including phenoxy) is 1. The fraction of sp³-hybridized carbons (Fsp3) is 0.409. The third kappa shape index (κ3) is 6.22. The Bertz CT molecular complexity index is 859. The number of thioether (sulfide) groups is 1. The fourth-order valence-electron chi connectivity index (χ4n) is 3.23. The van der Waals surface area contributed by atoms with Gasteiger partial charge in [0.05, 0.1) is 6.04 Å². The molecule has 0 radical (unpaired) electrons. The molecule has 1 aromatic carbocycles. The predicted molar refractivity (Wildman–Crippen MR) is 115 cm³/mol. The molecule has 2 heterocycles. The van der Waals surface area contributed by atoms with Gasteiger partial charge in [-0.25, -0.2) is 0 Å². The first-order chi connectivity index (χ1) is 14.0. The Balaban J connectivity index is 1.83. The number of pyridine rings is 1. The van der Waals surface area contributed by atoms with E-state index in [0.29, 0.717) is 13.0 Å². The molecular formula is C22H27N3O3S. The first kappa shape index (κ1) is 21.2. The van der Waals surface area contributed by atoms with Crippen LogP contribution < -0.4 is 15.4 Å². The maximum atomic E-state index is 12.6. The minimum absolute atomic E-state index is 0.168. The van der Waals surface area contributed by atoms with E-state index in [1.54, 1.807) is 11.8 Å². The quantitative estimate of drug-likeness (QED) is 0.749. The number of benzene rings is 1. The first-order valence-corrected chi connectivity index (χ1v) is 10.9. The summed E-state index contributed by atoms with van der Waals surface area (Å²) in [5.74, 6) is 1.31. The third-order valence-corrected chi connectivity index (χ3v) is 5.69. The molecule has 2 atom stereocenters. The first-order valence-electron chi connectivity index (χ1n) is 9.90. The van der Waals surface area contributed by atoms with Crippen molar-refractivity contribution in [2.45, 2.75) is 50.1 Å². The molecule has 1 aliphatic heterocycles. The molecule has 1 aliphatic rings. The maximum absolute atomic E-state index is 12.6. The van der Waals surface area contributed by atoms with Crippen LogP contribution in [0.15, 0.2) is 47.6 Å². The lowest BCUT2D eigenvalue weighted by molar-refractivity contribution is -0.128. The third-order valence-electron chi connectivity index (χ3n) is 4.64. The second-order valence-corrected chi connectivity index (χ2v) is 8.39. The number of hydrogen-bond donors (Lipinski definition) is 2. The molecule has 1 aromatic heterocycles. The standard InChI is InChI=1S/C22H27N3O3S/c1-15-14-28-21-9-4-3-7-19(21)17-11-18(13-23-12-17)29-10-6-5-8-20(22(27)24-15)25-16(2)26/h3-4,7,9,11-13,15,20H,5-6,8,10,14H2,1-2H3,(H,24,27)(H,25,26)/t15-,20+/m1/s1. The Labute approximate surface area is 175 Å². The molecule has 0 saturated carbocycles. The highest BCUT2D eigenvalue weighted by molar-refractivity contribution is 7.99. The zero-order chi connectivity index (χ0) is 20.6. The van der Waals surface area contributed by atoms with E-state index in [0.717, 1.165) is 40.4 Å². The number of para-hydroxylation sites is 1. The minimum atomic E-state index is -0.523. The zero-order valence-electron chi connectivity index (χ0n) is 16.8. The fourth-order valence-corrected chi connectivity index (χ4v) is 4.16. The number of hydrogen-bond acceptors (Lipinski definition) is 5. The Kier molecular flexibility index (Phi) is 7.52. The number of fused-ring (bicyclic) bond motifs is 4. The molecule has 2 N–H and O–H groups in total. The van der Waals surface area contributed by atoms with Gasteiger partial charge in [0.15, 0.2) is 0 Å². The van der Waals surface area contributed by atoms with Gasteiger partial charge in [0.25, 0.3) is 0 Å². The van der Waals surface area contributed by atoms with Crippen molar-refractivity contribution in [2.24, 2.45) is 0 Å². The van der Waals surface area contributed by atoms with Gasteiger partial charge in [-0.15, -0.1) is 11.8 Å². The maximum Gasteiger partial charge on any atom is 0.242 e. The van der Waals surface area contributed by atoms with Gasteiger partial charge >= 0.3 is 0 Å². The van der Waals surface area contributed by atoms with Crippen LogP contribution in [0.3, 0.4) is 0 Å². The molecule has 0 saturated heterocycles. The zero-order valence-corrected chi connectivity index (χ0v) is 17.6. The Hall–Kier alpha value is -2.54. The Morgan fingerprint density at radius 2 is 2.10 bits per heavy atom. The average molecular weight is 414 g/mol. The summed E-state index contributed by atoms with van der Waals surface area (Å²) >= 11 is 1.75. The van der Waals surface area contributed by atoms with E-state index >= 15 is 0 Å². The molecule has 0 aliphatic carbocycles. The Morgan fingerprint density at radius 1 is 1.28 bits per heavy atom. The Morgan fingerprint density at radius 3 is 2.93 bits per heavy atom.